The highest BCUT2D eigenvalue weighted by Gasteiger charge is 2.41. The summed E-state index contributed by atoms with van der Waals surface area (Å²) in [4.78, 5) is 16.0. The second kappa shape index (κ2) is 4.23. The predicted octanol–water partition coefficient (Wildman–Crippen LogP) is 0.763. The number of nitriles is 1. The molecular formula is C11H12N4O3. The van der Waals surface area contributed by atoms with Gasteiger partial charge in [0.1, 0.15) is 17.6 Å². The van der Waals surface area contributed by atoms with Gasteiger partial charge in [0.2, 0.25) is 0 Å². The van der Waals surface area contributed by atoms with Crippen molar-refractivity contribution < 1.29 is 10.0 Å². The Kier molecular flexibility index (Phi) is 2.88. The number of hydrogen-bond donors (Lipinski definition) is 1. The molecule has 0 radical (unpaired) electrons. The van der Waals surface area contributed by atoms with Crippen molar-refractivity contribution in [3.05, 3.63) is 27.9 Å². The van der Waals surface area contributed by atoms with Gasteiger partial charge in [-0.1, -0.05) is 0 Å². The molecule has 1 saturated heterocycles. The number of pyridine rings is 1. The fourth-order valence-corrected chi connectivity index (χ4v) is 1.98. The van der Waals surface area contributed by atoms with Crippen LogP contribution in [0.3, 0.4) is 0 Å². The van der Waals surface area contributed by atoms with Gasteiger partial charge in [0.15, 0.2) is 0 Å². The minimum atomic E-state index is -0.980. The Morgan fingerprint density at radius 3 is 2.89 bits per heavy atom. The zero-order valence-corrected chi connectivity index (χ0v) is 9.83. The first kappa shape index (κ1) is 12.3. The summed E-state index contributed by atoms with van der Waals surface area (Å²) in [6, 6.07) is 3.55. The SMILES string of the molecule is Cc1cc(N2CC(O)(CC#N)C2)ncc1[N+](=O)[O-]. The van der Waals surface area contributed by atoms with Crippen LogP contribution in [0.1, 0.15) is 12.0 Å². The van der Waals surface area contributed by atoms with E-state index in [0.717, 1.165) is 0 Å². The van der Waals surface area contributed by atoms with E-state index in [1.54, 1.807) is 17.9 Å². The summed E-state index contributed by atoms with van der Waals surface area (Å²) in [7, 11) is 0. The molecule has 1 aliphatic rings. The summed E-state index contributed by atoms with van der Waals surface area (Å²) in [5.74, 6) is 0.584. The van der Waals surface area contributed by atoms with Gasteiger partial charge in [0, 0.05) is 5.56 Å². The second-order valence-corrected chi connectivity index (χ2v) is 4.50. The van der Waals surface area contributed by atoms with Crippen LogP contribution >= 0.6 is 0 Å². The van der Waals surface area contributed by atoms with Gasteiger partial charge in [-0.25, -0.2) is 4.98 Å². The summed E-state index contributed by atoms with van der Waals surface area (Å²) < 4.78 is 0. The average molecular weight is 248 g/mol. The molecule has 0 saturated carbocycles. The summed E-state index contributed by atoms with van der Waals surface area (Å²) in [5, 5.41) is 29.1. The fraction of sp³-hybridized carbons (Fsp3) is 0.455. The van der Waals surface area contributed by atoms with Gasteiger partial charge < -0.3 is 10.0 Å². The van der Waals surface area contributed by atoms with Gasteiger partial charge in [0.25, 0.3) is 5.69 Å². The van der Waals surface area contributed by atoms with E-state index < -0.39 is 10.5 Å². The highest BCUT2D eigenvalue weighted by atomic mass is 16.6. The van der Waals surface area contributed by atoms with Gasteiger partial charge in [-0.05, 0) is 13.0 Å². The minimum absolute atomic E-state index is 0.0217. The van der Waals surface area contributed by atoms with Crippen LogP contribution < -0.4 is 4.90 Å². The number of aliphatic hydroxyl groups is 1. The van der Waals surface area contributed by atoms with Crippen LogP contribution in [0.15, 0.2) is 12.3 Å². The number of aryl methyl sites for hydroxylation is 1. The van der Waals surface area contributed by atoms with E-state index >= 15 is 0 Å². The van der Waals surface area contributed by atoms with Crippen molar-refractivity contribution >= 4 is 11.5 Å². The Morgan fingerprint density at radius 1 is 1.72 bits per heavy atom. The molecule has 0 unspecified atom stereocenters. The van der Waals surface area contributed by atoms with Crippen LogP contribution in [0.4, 0.5) is 11.5 Å². The molecule has 0 spiro atoms. The van der Waals surface area contributed by atoms with Crippen LogP contribution in [0.5, 0.6) is 0 Å². The number of hydrogen-bond acceptors (Lipinski definition) is 6. The van der Waals surface area contributed by atoms with E-state index in [2.05, 4.69) is 4.98 Å². The largest absolute Gasteiger partial charge is 0.385 e. The molecule has 0 amide bonds. The Balaban J connectivity index is 2.12. The third kappa shape index (κ3) is 2.10. The molecule has 1 aromatic rings. The number of rotatable bonds is 3. The predicted molar refractivity (Wildman–Crippen MR) is 63.0 cm³/mol. The summed E-state index contributed by atoms with van der Waals surface area (Å²) in [6.07, 6.45) is 1.29. The lowest BCUT2D eigenvalue weighted by atomic mass is 9.91. The van der Waals surface area contributed by atoms with Crippen molar-refractivity contribution in [1.29, 1.82) is 5.26 Å². The summed E-state index contributed by atoms with van der Waals surface area (Å²) in [5.41, 5.74) is -0.473. The van der Waals surface area contributed by atoms with E-state index in [1.807, 2.05) is 6.07 Å². The number of aromatic nitrogens is 1. The molecule has 7 heteroatoms. The maximum absolute atomic E-state index is 10.7. The van der Waals surface area contributed by atoms with Crippen LogP contribution in [-0.4, -0.2) is 33.7 Å². The molecule has 0 atom stereocenters. The van der Waals surface area contributed by atoms with Crippen LogP contribution in [0, 0.1) is 28.4 Å². The molecule has 94 valence electrons. The van der Waals surface area contributed by atoms with E-state index in [1.165, 1.54) is 6.20 Å². The average Bonchev–Trinajstić information content (AvgIpc) is 2.25. The summed E-state index contributed by atoms with van der Waals surface area (Å²) >= 11 is 0. The van der Waals surface area contributed by atoms with Crippen molar-refractivity contribution in [3.8, 4) is 6.07 Å². The fourth-order valence-electron chi connectivity index (χ4n) is 1.98. The monoisotopic (exact) mass is 248 g/mol. The molecule has 1 aliphatic heterocycles. The quantitative estimate of drug-likeness (QED) is 0.625. The smallest absolute Gasteiger partial charge is 0.290 e. The number of β-amino-alcohol motifs (C(OH)–C–C–N with tert-alkyl or cyclic N) is 1. The second-order valence-electron chi connectivity index (χ2n) is 4.50. The lowest BCUT2D eigenvalue weighted by molar-refractivity contribution is -0.385. The number of nitro groups is 1. The zero-order valence-electron chi connectivity index (χ0n) is 9.83. The first-order chi connectivity index (χ1) is 8.45. The van der Waals surface area contributed by atoms with E-state index in [-0.39, 0.29) is 12.1 Å². The standard InChI is InChI=1S/C11H12N4O3/c1-8-4-10(13-5-9(8)15(17)18)14-6-11(16,7-14)2-3-12/h4-5,16H,2,6-7H2,1H3. The van der Waals surface area contributed by atoms with E-state index in [0.29, 0.717) is 24.5 Å². The van der Waals surface area contributed by atoms with Gasteiger partial charge in [-0.3, -0.25) is 10.1 Å². The molecule has 0 aromatic carbocycles. The molecule has 0 aliphatic carbocycles. The molecule has 1 aromatic heterocycles. The Morgan fingerprint density at radius 2 is 2.39 bits per heavy atom. The first-order valence-corrected chi connectivity index (χ1v) is 5.40. The van der Waals surface area contributed by atoms with E-state index in [9.17, 15) is 15.2 Å². The van der Waals surface area contributed by atoms with Gasteiger partial charge in [-0.2, -0.15) is 5.26 Å². The van der Waals surface area contributed by atoms with Crippen molar-refractivity contribution in [1.82, 2.24) is 4.98 Å². The van der Waals surface area contributed by atoms with Crippen LogP contribution in [-0.2, 0) is 0 Å². The number of nitrogens with zero attached hydrogens (tertiary/aromatic N) is 4. The van der Waals surface area contributed by atoms with Crippen molar-refractivity contribution in [3.63, 3.8) is 0 Å². The van der Waals surface area contributed by atoms with Crippen LogP contribution in [0.2, 0.25) is 0 Å². The van der Waals surface area contributed by atoms with Crippen molar-refractivity contribution in [2.45, 2.75) is 18.9 Å². The molecule has 7 nitrogen and oxygen atoms in total. The van der Waals surface area contributed by atoms with Crippen LogP contribution in [0.25, 0.3) is 0 Å². The Bertz CT molecular complexity index is 532. The molecule has 2 heterocycles. The maximum atomic E-state index is 10.7. The topological polar surface area (TPSA) is 103 Å². The Labute approximate surface area is 103 Å². The normalized spacial score (nSPS) is 16.8. The summed E-state index contributed by atoms with van der Waals surface area (Å²) in [6.45, 7) is 2.29. The third-order valence-corrected chi connectivity index (χ3v) is 2.97. The highest BCUT2D eigenvalue weighted by molar-refractivity contribution is 5.51. The lowest BCUT2D eigenvalue weighted by Gasteiger charge is -2.46. The zero-order chi connectivity index (χ0) is 13.3. The molecule has 18 heavy (non-hydrogen) atoms. The molecule has 0 bridgehead atoms. The minimum Gasteiger partial charge on any atom is -0.385 e. The van der Waals surface area contributed by atoms with E-state index in [4.69, 9.17) is 5.26 Å². The maximum Gasteiger partial charge on any atom is 0.290 e. The Hall–Kier alpha value is -2.20. The van der Waals surface area contributed by atoms with Gasteiger partial charge in [-0.15, -0.1) is 0 Å². The first-order valence-electron chi connectivity index (χ1n) is 5.40. The van der Waals surface area contributed by atoms with Crippen molar-refractivity contribution in [2.24, 2.45) is 0 Å². The third-order valence-electron chi connectivity index (χ3n) is 2.97. The van der Waals surface area contributed by atoms with Gasteiger partial charge >= 0.3 is 0 Å². The van der Waals surface area contributed by atoms with Crippen molar-refractivity contribution in [2.75, 3.05) is 18.0 Å². The molecular weight excluding hydrogens is 236 g/mol. The lowest BCUT2D eigenvalue weighted by Crippen LogP contribution is -2.62. The molecule has 1 fully saturated rings. The molecule has 2 rings (SSSR count). The van der Waals surface area contributed by atoms with Gasteiger partial charge in [0.05, 0.1) is 30.5 Å². The highest BCUT2D eigenvalue weighted by Crippen LogP contribution is 2.30. The molecule has 1 N–H and O–H groups in total. The number of anilines is 1.